The van der Waals surface area contributed by atoms with Gasteiger partial charge in [0.15, 0.2) is 5.82 Å². The van der Waals surface area contributed by atoms with Gasteiger partial charge in [-0.15, -0.1) is 4.73 Å². The number of rotatable bonds is 6. The van der Waals surface area contributed by atoms with Gasteiger partial charge in [-0.2, -0.15) is 47.9 Å². The summed E-state index contributed by atoms with van der Waals surface area (Å²) in [5.74, 6) is -15.4. The van der Waals surface area contributed by atoms with Crippen LogP contribution in [0.4, 0.5) is 39.5 Å². The fourth-order valence-electron chi connectivity index (χ4n) is 2.51. The van der Waals surface area contributed by atoms with Gasteiger partial charge < -0.3 is 0 Å². The van der Waals surface area contributed by atoms with Gasteiger partial charge in [0.05, 0.1) is 5.52 Å². The van der Waals surface area contributed by atoms with E-state index in [0.717, 1.165) is 6.07 Å². The predicted octanol–water partition coefficient (Wildman–Crippen LogP) is 4.89. The normalized spacial score (nSPS) is 14.0. The first-order valence-corrected chi connectivity index (χ1v) is 9.63. The van der Waals surface area contributed by atoms with Crippen LogP contribution in [0.5, 0.6) is 0 Å². The number of nitrogens with zero attached hydrogens (tertiary/aromatic N) is 2. The summed E-state index contributed by atoms with van der Waals surface area (Å²) in [5.41, 5.74) is -0.441. The summed E-state index contributed by atoms with van der Waals surface area (Å²) in [4.78, 5) is 3.91. The first kappa shape index (κ1) is 23.7. The van der Waals surface area contributed by atoms with E-state index >= 15 is 0 Å². The maximum atomic E-state index is 14.1. The minimum atomic E-state index is -7.42. The van der Waals surface area contributed by atoms with E-state index in [4.69, 9.17) is 0 Å². The van der Waals surface area contributed by atoms with Crippen LogP contribution in [0.2, 0.25) is 0 Å². The molecule has 15 heteroatoms. The highest BCUT2D eigenvalue weighted by molar-refractivity contribution is 7.88. The van der Waals surface area contributed by atoms with E-state index in [9.17, 15) is 47.9 Å². The Morgan fingerprint density at radius 3 is 1.84 bits per heavy atom. The molecule has 0 radical (unpaired) electrons. The Morgan fingerprint density at radius 2 is 1.28 bits per heavy atom. The molecule has 3 rings (SSSR count). The molecule has 1 aromatic heterocycles. The molecule has 5 nitrogen and oxygen atoms in total. The Balaban J connectivity index is 2.16. The van der Waals surface area contributed by atoms with Crippen molar-refractivity contribution in [3.63, 3.8) is 0 Å². The van der Waals surface area contributed by atoms with Gasteiger partial charge in [-0.3, -0.25) is 4.28 Å². The van der Waals surface area contributed by atoms with Crippen LogP contribution < -0.4 is 4.28 Å². The summed E-state index contributed by atoms with van der Waals surface area (Å²) >= 11 is 0. The second-order valence-corrected chi connectivity index (χ2v) is 7.85. The molecule has 0 aliphatic carbocycles. The molecule has 0 fully saturated rings. The molecule has 1 heterocycles. The molecular formula is C17H9F9N2O3S. The first-order valence-electron chi connectivity index (χ1n) is 8.22. The topological polar surface area (TPSA) is 61.2 Å². The molecule has 0 aliphatic heterocycles. The average Bonchev–Trinajstić information content (AvgIpc) is 3.05. The highest BCUT2D eigenvalue weighted by Gasteiger charge is 2.86. The SMILES string of the molecule is O=S(=O)(On1c(-c2ccccc2)nc2ccccc21)C(F)(F)C(F)(F)C(F)(F)C(F)(F)F. The second-order valence-electron chi connectivity index (χ2n) is 6.28. The van der Waals surface area contributed by atoms with Crippen molar-refractivity contribution in [1.29, 1.82) is 0 Å². The van der Waals surface area contributed by atoms with Crippen molar-refractivity contribution in [1.82, 2.24) is 9.71 Å². The number of halogens is 9. The van der Waals surface area contributed by atoms with Crippen molar-refractivity contribution in [3.05, 3.63) is 54.6 Å². The summed E-state index contributed by atoms with van der Waals surface area (Å²) in [7, 11) is -7.15. The minimum Gasteiger partial charge on any atom is -0.281 e. The van der Waals surface area contributed by atoms with E-state index < -0.39 is 39.2 Å². The van der Waals surface area contributed by atoms with Crippen molar-refractivity contribution >= 4 is 21.2 Å². The maximum absolute atomic E-state index is 14.1. The maximum Gasteiger partial charge on any atom is 0.460 e. The molecule has 0 atom stereocenters. The summed E-state index contributed by atoms with van der Waals surface area (Å²) in [6.07, 6.45) is -7.19. The molecule has 0 N–H and O–H groups in total. The molecule has 0 unspecified atom stereocenters. The predicted molar refractivity (Wildman–Crippen MR) is 91.6 cm³/mol. The largest absolute Gasteiger partial charge is 0.460 e. The highest BCUT2D eigenvalue weighted by Crippen LogP contribution is 2.54. The number of benzene rings is 2. The van der Waals surface area contributed by atoms with Crippen LogP contribution in [0.1, 0.15) is 0 Å². The molecule has 2 aromatic carbocycles. The van der Waals surface area contributed by atoms with E-state index in [0.29, 0.717) is 0 Å². The van der Waals surface area contributed by atoms with Crippen LogP contribution in [0.15, 0.2) is 54.6 Å². The molecule has 0 amide bonds. The first-order chi connectivity index (χ1) is 14.5. The van der Waals surface area contributed by atoms with Gasteiger partial charge in [0.2, 0.25) is 0 Å². The molecule has 0 saturated heterocycles. The van der Waals surface area contributed by atoms with Crippen LogP contribution in [-0.4, -0.2) is 41.4 Å². The van der Waals surface area contributed by atoms with Crippen LogP contribution in [0.3, 0.4) is 0 Å². The Bertz CT molecular complexity index is 1240. The zero-order valence-electron chi connectivity index (χ0n) is 15.1. The van der Waals surface area contributed by atoms with E-state index in [-0.39, 0.29) is 21.3 Å². The number of alkyl halides is 9. The van der Waals surface area contributed by atoms with E-state index in [1.165, 1.54) is 48.5 Å². The quantitative estimate of drug-likeness (QED) is 0.460. The van der Waals surface area contributed by atoms with Crippen LogP contribution >= 0.6 is 0 Å². The number of hydrogen-bond acceptors (Lipinski definition) is 4. The van der Waals surface area contributed by atoms with Crippen LogP contribution in [-0.2, 0) is 10.1 Å². The van der Waals surface area contributed by atoms with Crippen LogP contribution in [0, 0.1) is 0 Å². The van der Waals surface area contributed by atoms with Crippen molar-refractivity contribution in [2.24, 2.45) is 0 Å². The molecule has 0 spiro atoms. The third-order valence-corrected chi connectivity index (χ3v) is 5.38. The van der Waals surface area contributed by atoms with Crippen molar-refractivity contribution in [2.75, 3.05) is 0 Å². The molecule has 0 aliphatic rings. The number of para-hydroxylation sites is 2. The second kappa shape index (κ2) is 7.28. The average molecular weight is 492 g/mol. The van der Waals surface area contributed by atoms with Crippen molar-refractivity contribution in [2.45, 2.75) is 23.3 Å². The van der Waals surface area contributed by atoms with Gasteiger partial charge in [-0.25, -0.2) is 4.98 Å². The summed E-state index contributed by atoms with van der Waals surface area (Å²) in [5, 5.41) is -7.00. The monoisotopic (exact) mass is 492 g/mol. The number of hydrogen-bond donors (Lipinski definition) is 0. The fourth-order valence-corrected chi connectivity index (χ4v) is 3.39. The smallest absolute Gasteiger partial charge is 0.281 e. The third-order valence-electron chi connectivity index (χ3n) is 4.15. The van der Waals surface area contributed by atoms with Crippen molar-refractivity contribution in [3.8, 4) is 11.4 Å². The molecule has 32 heavy (non-hydrogen) atoms. The van der Waals surface area contributed by atoms with Gasteiger partial charge in [0.25, 0.3) is 0 Å². The Kier molecular flexibility index (Phi) is 5.39. The third kappa shape index (κ3) is 3.43. The lowest BCUT2D eigenvalue weighted by Gasteiger charge is -2.32. The van der Waals surface area contributed by atoms with Gasteiger partial charge in [0.1, 0.15) is 5.52 Å². The number of fused-ring (bicyclic) bond motifs is 1. The summed E-state index contributed by atoms with van der Waals surface area (Å²) < 4.78 is 146. The Hall–Kier alpha value is -2.97. The van der Waals surface area contributed by atoms with Gasteiger partial charge in [0, 0.05) is 5.56 Å². The Morgan fingerprint density at radius 1 is 0.750 bits per heavy atom. The van der Waals surface area contributed by atoms with Crippen molar-refractivity contribution < 1.29 is 52.2 Å². The molecular weight excluding hydrogens is 483 g/mol. The fraction of sp³-hybridized carbons (Fsp3) is 0.235. The highest BCUT2D eigenvalue weighted by atomic mass is 32.2. The van der Waals surface area contributed by atoms with Gasteiger partial charge >= 0.3 is 33.4 Å². The standard InChI is InChI=1S/C17H9F9N2O3S/c18-14(19,16(22,23)24)15(20,21)17(25,26)32(29,30)31-28-12-9-5-4-8-11(12)27-13(28)10-6-2-1-3-7-10/h1-9H. The summed E-state index contributed by atoms with van der Waals surface area (Å²) in [6.45, 7) is 0. The molecule has 174 valence electrons. The summed E-state index contributed by atoms with van der Waals surface area (Å²) in [6, 6.07) is 11.8. The molecule has 3 aromatic rings. The lowest BCUT2D eigenvalue weighted by atomic mass is 10.1. The van der Waals surface area contributed by atoms with Gasteiger partial charge in [-0.1, -0.05) is 42.5 Å². The minimum absolute atomic E-state index is 0.0228. The molecule has 0 saturated carbocycles. The lowest BCUT2D eigenvalue weighted by molar-refractivity contribution is -0.382. The van der Waals surface area contributed by atoms with E-state index in [1.54, 1.807) is 0 Å². The van der Waals surface area contributed by atoms with E-state index in [1.807, 2.05) is 0 Å². The lowest BCUT2D eigenvalue weighted by Crippen LogP contribution is -2.64. The number of imidazole rings is 1. The van der Waals surface area contributed by atoms with Crippen LogP contribution in [0.25, 0.3) is 22.4 Å². The zero-order valence-corrected chi connectivity index (χ0v) is 15.9. The number of aromatic nitrogens is 2. The zero-order chi connectivity index (χ0) is 24.2. The van der Waals surface area contributed by atoms with Gasteiger partial charge in [-0.05, 0) is 12.1 Å². The Labute approximate surface area is 173 Å². The molecule has 0 bridgehead atoms. The van der Waals surface area contributed by atoms with E-state index in [2.05, 4.69) is 9.27 Å².